The van der Waals surface area contributed by atoms with Crippen molar-refractivity contribution in [3.05, 3.63) is 40.8 Å². The maximum absolute atomic E-state index is 12.2. The lowest BCUT2D eigenvalue weighted by Gasteiger charge is -2.33. The van der Waals surface area contributed by atoms with E-state index in [2.05, 4.69) is 44.4 Å². The zero-order chi connectivity index (χ0) is 19.4. The normalized spacial score (nSPS) is 15.2. The van der Waals surface area contributed by atoms with Crippen molar-refractivity contribution in [2.24, 2.45) is 7.05 Å². The Morgan fingerprint density at radius 3 is 2.48 bits per heavy atom. The summed E-state index contributed by atoms with van der Waals surface area (Å²) >= 11 is 0. The maximum atomic E-state index is 12.2. The molecule has 0 spiro atoms. The van der Waals surface area contributed by atoms with Gasteiger partial charge >= 0.3 is 0 Å². The van der Waals surface area contributed by atoms with Gasteiger partial charge in [-0.2, -0.15) is 5.10 Å². The molecule has 2 aromatic heterocycles. The predicted molar refractivity (Wildman–Crippen MR) is 107 cm³/mol. The second kappa shape index (κ2) is 8.52. The van der Waals surface area contributed by atoms with Crippen LogP contribution in [0.2, 0.25) is 0 Å². The van der Waals surface area contributed by atoms with Gasteiger partial charge < -0.3 is 15.1 Å². The van der Waals surface area contributed by atoms with E-state index in [9.17, 15) is 4.79 Å². The summed E-state index contributed by atoms with van der Waals surface area (Å²) in [5, 5.41) is 7.40. The average molecular weight is 371 g/mol. The van der Waals surface area contributed by atoms with Crippen LogP contribution in [0.4, 0.5) is 5.82 Å². The fourth-order valence-corrected chi connectivity index (χ4v) is 3.45. The molecule has 2 aromatic rings. The number of pyridine rings is 1. The molecule has 1 fully saturated rings. The first-order valence-corrected chi connectivity index (χ1v) is 9.58. The standard InChI is InChI=1S/C20H30N6O/c1-15-18(16(2)25(4)23-15)6-8-20(27)22-14-17-5-7-19(21-13-17)26-11-9-24(3)10-12-26/h5,7,13H,6,8-12,14H2,1-4H3,(H,22,27). The number of aromatic nitrogens is 3. The fraction of sp³-hybridized carbons (Fsp3) is 0.550. The molecule has 7 nitrogen and oxygen atoms in total. The van der Waals surface area contributed by atoms with Crippen molar-refractivity contribution in [2.75, 3.05) is 38.1 Å². The third kappa shape index (κ3) is 4.86. The number of rotatable bonds is 6. The van der Waals surface area contributed by atoms with E-state index in [1.54, 1.807) is 0 Å². The van der Waals surface area contributed by atoms with Crippen LogP contribution in [0.15, 0.2) is 18.3 Å². The zero-order valence-corrected chi connectivity index (χ0v) is 16.8. The molecular formula is C20H30N6O. The predicted octanol–water partition coefficient (Wildman–Crippen LogP) is 1.43. The largest absolute Gasteiger partial charge is 0.354 e. The number of hydrogen-bond donors (Lipinski definition) is 1. The number of likely N-dealkylation sites (N-methyl/N-ethyl adjacent to an activating group) is 1. The zero-order valence-electron chi connectivity index (χ0n) is 16.8. The number of piperazine rings is 1. The van der Waals surface area contributed by atoms with Gasteiger partial charge in [-0.3, -0.25) is 9.48 Å². The van der Waals surface area contributed by atoms with E-state index in [4.69, 9.17) is 0 Å². The minimum atomic E-state index is 0.0563. The molecule has 0 aliphatic carbocycles. The molecule has 7 heteroatoms. The summed E-state index contributed by atoms with van der Waals surface area (Å²) in [4.78, 5) is 21.4. The van der Waals surface area contributed by atoms with Crippen molar-refractivity contribution in [3.63, 3.8) is 0 Å². The van der Waals surface area contributed by atoms with Crippen molar-refractivity contribution >= 4 is 11.7 Å². The summed E-state index contributed by atoms with van der Waals surface area (Å²) in [6, 6.07) is 4.10. The molecular weight excluding hydrogens is 340 g/mol. The fourth-order valence-electron chi connectivity index (χ4n) is 3.45. The summed E-state index contributed by atoms with van der Waals surface area (Å²) in [7, 11) is 4.08. The second-order valence-corrected chi connectivity index (χ2v) is 7.36. The summed E-state index contributed by atoms with van der Waals surface area (Å²) in [6.07, 6.45) is 3.06. The van der Waals surface area contributed by atoms with E-state index >= 15 is 0 Å². The van der Waals surface area contributed by atoms with Crippen LogP contribution in [-0.4, -0.2) is 58.8 Å². The van der Waals surface area contributed by atoms with E-state index in [0.29, 0.717) is 13.0 Å². The van der Waals surface area contributed by atoms with Gasteiger partial charge in [-0.1, -0.05) is 6.07 Å². The van der Waals surface area contributed by atoms with Gasteiger partial charge in [0.05, 0.1) is 5.69 Å². The smallest absolute Gasteiger partial charge is 0.220 e. The Kier molecular flexibility index (Phi) is 6.11. The number of nitrogens with one attached hydrogen (secondary N) is 1. The molecule has 0 radical (unpaired) electrons. The Bertz CT molecular complexity index is 775. The second-order valence-electron chi connectivity index (χ2n) is 7.36. The Hall–Kier alpha value is -2.41. The molecule has 0 atom stereocenters. The van der Waals surface area contributed by atoms with Crippen LogP contribution < -0.4 is 10.2 Å². The molecule has 1 N–H and O–H groups in total. The van der Waals surface area contributed by atoms with Gasteiger partial charge in [-0.25, -0.2) is 4.98 Å². The Morgan fingerprint density at radius 1 is 1.15 bits per heavy atom. The molecule has 3 rings (SSSR count). The van der Waals surface area contributed by atoms with Gasteiger partial charge in [0.1, 0.15) is 5.82 Å². The van der Waals surface area contributed by atoms with Gasteiger partial charge in [0.2, 0.25) is 5.91 Å². The topological polar surface area (TPSA) is 66.3 Å². The van der Waals surface area contributed by atoms with E-state index in [1.807, 2.05) is 31.8 Å². The Balaban J connectivity index is 1.46. The minimum absolute atomic E-state index is 0.0563. The van der Waals surface area contributed by atoms with E-state index in [1.165, 1.54) is 5.56 Å². The highest BCUT2D eigenvalue weighted by molar-refractivity contribution is 5.76. The highest BCUT2D eigenvalue weighted by Gasteiger charge is 2.15. The SMILES string of the molecule is Cc1nn(C)c(C)c1CCC(=O)NCc1ccc(N2CCN(C)CC2)nc1. The summed E-state index contributed by atoms with van der Waals surface area (Å²) in [5.41, 5.74) is 4.33. The molecule has 1 aliphatic heterocycles. The molecule has 0 aromatic carbocycles. The summed E-state index contributed by atoms with van der Waals surface area (Å²) in [5.74, 6) is 1.07. The van der Waals surface area contributed by atoms with Crippen LogP contribution in [0.25, 0.3) is 0 Å². The maximum Gasteiger partial charge on any atom is 0.220 e. The quantitative estimate of drug-likeness (QED) is 0.833. The lowest BCUT2D eigenvalue weighted by atomic mass is 10.1. The highest BCUT2D eigenvalue weighted by atomic mass is 16.1. The molecule has 146 valence electrons. The van der Waals surface area contributed by atoms with Gasteiger partial charge in [-0.05, 0) is 44.5 Å². The van der Waals surface area contributed by atoms with E-state index in [0.717, 1.165) is 55.4 Å². The van der Waals surface area contributed by atoms with Crippen molar-refractivity contribution in [2.45, 2.75) is 33.2 Å². The molecule has 0 unspecified atom stereocenters. The first-order valence-electron chi connectivity index (χ1n) is 9.58. The number of aryl methyl sites for hydroxylation is 2. The van der Waals surface area contributed by atoms with Gasteiger partial charge in [-0.15, -0.1) is 0 Å². The van der Waals surface area contributed by atoms with Crippen LogP contribution in [0.3, 0.4) is 0 Å². The number of anilines is 1. The van der Waals surface area contributed by atoms with Crippen molar-refractivity contribution in [1.82, 2.24) is 25.0 Å². The van der Waals surface area contributed by atoms with Crippen LogP contribution in [0, 0.1) is 13.8 Å². The van der Waals surface area contributed by atoms with Crippen LogP contribution in [-0.2, 0) is 24.8 Å². The lowest BCUT2D eigenvalue weighted by Crippen LogP contribution is -2.44. The third-order valence-electron chi connectivity index (χ3n) is 5.39. The average Bonchev–Trinajstić information content (AvgIpc) is 2.91. The molecule has 3 heterocycles. The van der Waals surface area contributed by atoms with Gasteiger partial charge in [0.25, 0.3) is 0 Å². The number of nitrogens with zero attached hydrogens (tertiary/aromatic N) is 5. The van der Waals surface area contributed by atoms with Gasteiger partial charge in [0.15, 0.2) is 0 Å². The van der Waals surface area contributed by atoms with E-state index < -0.39 is 0 Å². The molecule has 0 bridgehead atoms. The van der Waals surface area contributed by atoms with Crippen molar-refractivity contribution < 1.29 is 4.79 Å². The van der Waals surface area contributed by atoms with Crippen LogP contribution in [0.5, 0.6) is 0 Å². The Labute approximate surface area is 161 Å². The molecule has 1 aliphatic rings. The van der Waals surface area contributed by atoms with Crippen molar-refractivity contribution in [1.29, 1.82) is 0 Å². The highest BCUT2D eigenvalue weighted by Crippen LogP contribution is 2.15. The van der Waals surface area contributed by atoms with Crippen LogP contribution in [0.1, 0.15) is 28.9 Å². The molecule has 27 heavy (non-hydrogen) atoms. The number of hydrogen-bond acceptors (Lipinski definition) is 5. The molecule has 1 saturated heterocycles. The summed E-state index contributed by atoms with van der Waals surface area (Å²) < 4.78 is 1.87. The van der Waals surface area contributed by atoms with Crippen LogP contribution >= 0.6 is 0 Å². The monoisotopic (exact) mass is 370 g/mol. The first-order chi connectivity index (χ1) is 12.9. The number of carbonyl (C=O) groups excluding carboxylic acids is 1. The third-order valence-corrected chi connectivity index (χ3v) is 5.39. The molecule has 1 amide bonds. The lowest BCUT2D eigenvalue weighted by molar-refractivity contribution is -0.121. The minimum Gasteiger partial charge on any atom is -0.354 e. The molecule has 0 saturated carbocycles. The van der Waals surface area contributed by atoms with Gasteiger partial charge in [0, 0.05) is 58.1 Å². The van der Waals surface area contributed by atoms with E-state index in [-0.39, 0.29) is 5.91 Å². The number of amides is 1. The first kappa shape index (κ1) is 19.4. The van der Waals surface area contributed by atoms with Crippen molar-refractivity contribution in [3.8, 4) is 0 Å². The number of carbonyl (C=O) groups is 1. The summed E-state index contributed by atoms with van der Waals surface area (Å²) in [6.45, 7) is 8.69. The Morgan fingerprint density at radius 2 is 1.89 bits per heavy atom.